The lowest BCUT2D eigenvalue weighted by molar-refractivity contribution is -0.0761. The van der Waals surface area contributed by atoms with Gasteiger partial charge in [0.1, 0.15) is 36.0 Å². The van der Waals surface area contributed by atoms with Gasteiger partial charge < -0.3 is 29.5 Å². The number of ether oxygens (including phenoxy) is 2. The predicted octanol–water partition coefficient (Wildman–Crippen LogP) is 8.30. The monoisotopic (exact) mass is 1060 g/mol. The highest BCUT2D eigenvalue weighted by Gasteiger charge is 2.65. The van der Waals surface area contributed by atoms with Crippen LogP contribution >= 0.6 is 23.5 Å². The van der Waals surface area contributed by atoms with E-state index in [0.29, 0.717) is 48.6 Å². The van der Waals surface area contributed by atoms with Crippen LogP contribution < -0.4 is 20.9 Å². The first kappa shape index (κ1) is 46.7. The summed E-state index contributed by atoms with van der Waals surface area (Å²) in [6.07, 6.45) is 9.55. The van der Waals surface area contributed by atoms with Crippen molar-refractivity contribution in [2.24, 2.45) is 11.8 Å². The van der Waals surface area contributed by atoms with Crippen molar-refractivity contribution in [3.63, 3.8) is 0 Å². The molecule has 0 saturated carbocycles. The zero-order valence-electron chi connectivity index (χ0n) is 41.1. The van der Waals surface area contributed by atoms with Crippen LogP contribution in [0.5, 0.6) is 11.5 Å². The fourth-order valence-corrected chi connectivity index (χ4v) is 17.5. The Morgan fingerprint density at radius 2 is 0.974 bits per heavy atom. The maximum atomic E-state index is 15.9. The molecule has 12 heterocycles. The maximum absolute atomic E-state index is 15.9. The van der Waals surface area contributed by atoms with Gasteiger partial charge >= 0.3 is 0 Å². The van der Waals surface area contributed by atoms with Gasteiger partial charge in [-0.05, 0) is 97.9 Å². The molecule has 4 aromatic carbocycles. The van der Waals surface area contributed by atoms with Gasteiger partial charge in [-0.2, -0.15) is 0 Å². The average Bonchev–Trinajstić information content (AvgIpc) is 4.24. The van der Waals surface area contributed by atoms with Gasteiger partial charge in [0.2, 0.25) is 10.9 Å². The van der Waals surface area contributed by atoms with Crippen LogP contribution in [0.1, 0.15) is 118 Å². The van der Waals surface area contributed by atoms with Gasteiger partial charge in [0.05, 0.1) is 23.4 Å². The number of pyridine rings is 2. The number of rotatable bonds is 2. The highest BCUT2D eigenvalue weighted by Crippen LogP contribution is 2.59. The third-order valence-corrected chi connectivity index (χ3v) is 20.8. The summed E-state index contributed by atoms with van der Waals surface area (Å²) in [6, 6.07) is 27.8. The number of fused-ring (bicyclic) bond motifs is 12. The van der Waals surface area contributed by atoms with Gasteiger partial charge in [-0.25, -0.2) is 8.78 Å². The summed E-state index contributed by atoms with van der Waals surface area (Å²) in [6.45, 7) is 0.887. The molecule has 10 aliphatic rings. The minimum Gasteiger partial charge on any atom is -0.502 e. The smallest absolute Gasteiger partial charge is 0.278 e. The number of carbonyl (C=O) groups is 2. The van der Waals surface area contributed by atoms with Crippen molar-refractivity contribution in [1.82, 2.24) is 19.2 Å². The molecule has 2 amide bonds. The first-order chi connectivity index (χ1) is 36.9. The third kappa shape index (κ3) is 6.53. The molecule has 0 aliphatic carbocycles. The van der Waals surface area contributed by atoms with E-state index in [1.165, 1.54) is 24.3 Å². The van der Waals surface area contributed by atoms with Gasteiger partial charge in [0, 0.05) is 81.9 Å². The predicted molar refractivity (Wildman–Crippen MR) is 278 cm³/mol. The number of aromatic nitrogens is 2. The first-order valence-electron chi connectivity index (χ1n) is 26.4. The Hall–Kier alpha value is -6.60. The molecule has 18 heteroatoms. The van der Waals surface area contributed by atoms with Crippen molar-refractivity contribution < 1.29 is 38.1 Å². The van der Waals surface area contributed by atoms with Crippen LogP contribution in [0.25, 0.3) is 0 Å². The van der Waals surface area contributed by atoms with Crippen molar-refractivity contribution in [2.75, 3.05) is 23.1 Å². The fraction of sp³-hybridized carbons (Fsp3) is 0.379. The number of amides is 2. The minimum atomic E-state index is -0.608. The standard InChI is InChI=1S/2C29H26FN3O4S/c2*30-20-6-3-4-16-15-38-22-7-2-1-5-18(22)24(23(16)20)33-27-19-14-17-8-10-29(19,37-17)11-13-31(27)28(36)25-26(35)21(34)9-12-32(25)33/h2*1-7,9,12,17,19,24,27,35H,8,10-11,13-15H2/t17-,19+,24+,27+,29-;17-,19+,24-,27+,29-/m00/s1. The second-order valence-corrected chi connectivity index (χ2v) is 24.0. The Morgan fingerprint density at radius 1 is 0.539 bits per heavy atom. The lowest BCUT2D eigenvalue weighted by Gasteiger charge is -2.57. The van der Waals surface area contributed by atoms with Crippen molar-refractivity contribution in [3.8, 4) is 11.5 Å². The Kier molecular flexibility index (Phi) is 10.4. The highest BCUT2D eigenvalue weighted by molar-refractivity contribution is 7.98. The molecular formula is C58H52F2N6O8S2. The van der Waals surface area contributed by atoms with Crippen LogP contribution in [0.15, 0.2) is 129 Å². The maximum Gasteiger partial charge on any atom is 0.278 e. The van der Waals surface area contributed by atoms with Gasteiger partial charge in [-0.1, -0.05) is 60.7 Å². The normalized spacial score (nSPS) is 30.7. The van der Waals surface area contributed by atoms with E-state index in [0.717, 1.165) is 70.6 Å². The van der Waals surface area contributed by atoms with Crippen LogP contribution in [-0.4, -0.2) is 90.0 Å². The van der Waals surface area contributed by atoms with Gasteiger partial charge in [-0.3, -0.25) is 38.5 Å². The Balaban J connectivity index is 0.000000133. The van der Waals surface area contributed by atoms with Crippen LogP contribution in [0, 0.1) is 23.5 Å². The number of nitrogens with zero attached hydrogens (tertiary/aromatic N) is 6. The number of hydrogen-bond donors (Lipinski definition) is 2. The molecule has 2 N–H and O–H groups in total. The number of hydrogen-bond acceptors (Lipinski definition) is 12. The van der Waals surface area contributed by atoms with E-state index in [4.69, 9.17) is 9.47 Å². The van der Waals surface area contributed by atoms with Crippen molar-refractivity contribution >= 4 is 35.3 Å². The van der Waals surface area contributed by atoms with Crippen molar-refractivity contribution in [1.29, 1.82) is 0 Å². The molecule has 14 nitrogen and oxygen atoms in total. The lowest BCUT2D eigenvalue weighted by Crippen LogP contribution is -2.70. The Bertz CT molecular complexity index is 3380. The van der Waals surface area contributed by atoms with E-state index in [2.05, 4.69) is 22.2 Å². The van der Waals surface area contributed by atoms with Crippen LogP contribution in [0.3, 0.4) is 0 Å². The molecule has 0 radical (unpaired) electrons. The summed E-state index contributed by atoms with van der Waals surface area (Å²) in [5.41, 5.74) is 2.78. The molecule has 16 rings (SSSR count). The van der Waals surface area contributed by atoms with Gasteiger partial charge in [0.15, 0.2) is 22.9 Å². The molecule has 6 aromatic rings. The van der Waals surface area contributed by atoms with Crippen molar-refractivity contribution in [2.45, 2.75) is 120 Å². The second-order valence-electron chi connectivity index (χ2n) is 22.0. The summed E-state index contributed by atoms with van der Waals surface area (Å²) in [7, 11) is 0. The van der Waals surface area contributed by atoms with Crippen LogP contribution in [-0.2, 0) is 21.0 Å². The first-order valence-corrected chi connectivity index (χ1v) is 28.3. The summed E-state index contributed by atoms with van der Waals surface area (Å²) in [5.74, 6) is -1.24. The zero-order valence-corrected chi connectivity index (χ0v) is 42.7. The van der Waals surface area contributed by atoms with Gasteiger partial charge in [-0.15, -0.1) is 23.5 Å². The van der Waals surface area contributed by atoms with E-state index in [-0.39, 0.29) is 70.1 Å². The SMILES string of the molecule is O=C1c2c(O)c(=O)ccn2N([C@@H]2c3ccccc3SCc3cccc(F)c32)[C@@H]2[C@H]3C[C@@H]4CC[C@@]3(CCN12)O4.O=C1c2c(O)c(=O)ccn2N([C@H]2c3ccccc3SCc3cccc(F)c32)[C@@H]2[C@H]3C[C@@H]4CC[C@@]3(CCN12)O4. The quantitative estimate of drug-likeness (QED) is 0.172. The van der Waals surface area contributed by atoms with Gasteiger partial charge in [0.25, 0.3) is 11.8 Å². The molecule has 2 spiro atoms. The average molecular weight is 1060 g/mol. The second kappa shape index (κ2) is 16.9. The Morgan fingerprint density at radius 3 is 1.41 bits per heavy atom. The zero-order chi connectivity index (χ0) is 51.5. The van der Waals surface area contributed by atoms with Crippen molar-refractivity contribution in [3.05, 3.63) is 186 Å². The largest absolute Gasteiger partial charge is 0.502 e. The molecule has 6 fully saturated rings. The summed E-state index contributed by atoms with van der Waals surface area (Å²) in [4.78, 5) is 58.6. The summed E-state index contributed by atoms with van der Waals surface area (Å²) < 4.78 is 48.2. The number of aromatic hydroxyl groups is 2. The number of carbonyl (C=O) groups excluding carboxylic acids is 2. The number of thioether (sulfide) groups is 2. The molecule has 10 atom stereocenters. The molecular weight excluding hydrogens is 1010 g/mol. The number of piperidine rings is 2. The number of halogens is 2. The van der Waals surface area contributed by atoms with E-state index >= 15 is 8.78 Å². The molecule has 388 valence electrons. The molecule has 6 saturated heterocycles. The van der Waals surface area contributed by atoms with Crippen LogP contribution in [0.4, 0.5) is 8.78 Å². The van der Waals surface area contributed by atoms with E-state index in [9.17, 15) is 29.4 Å². The highest BCUT2D eigenvalue weighted by atomic mass is 32.2. The molecule has 2 aromatic heterocycles. The summed E-state index contributed by atoms with van der Waals surface area (Å²) in [5, 5.41) is 25.9. The molecule has 76 heavy (non-hydrogen) atoms. The molecule has 4 bridgehead atoms. The molecule has 10 aliphatic heterocycles. The fourth-order valence-electron chi connectivity index (χ4n) is 15.3. The molecule has 0 unspecified atom stereocenters. The van der Waals surface area contributed by atoms with E-state index in [1.807, 2.05) is 48.5 Å². The van der Waals surface area contributed by atoms with E-state index in [1.54, 1.807) is 67.2 Å². The Labute approximate surface area is 443 Å². The van der Waals surface area contributed by atoms with E-state index < -0.39 is 46.8 Å². The summed E-state index contributed by atoms with van der Waals surface area (Å²) >= 11 is 3.34. The van der Waals surface area contributed by atoms with Crippen LogP contribution in [0.2, 0.25) is 0 Å². The third-order valence-electron chi connectivity index (χ3n) is 18.5. The topological polar surface area (TPSA) is 150 Å². The minimum absolute atomic E-state index is 0.0203. The number of benzene rings is 4. The lowest BCUT2D eigenvalue weighted by atomic mass is 9.71.